The predicted molar refractivity (Wildman–Crippen MR) is 144 cm³/mol. The van der Waals surface area contributed by atoms with Crippen LogP contribution < -0.4 is 9.47 Å². The van der Waals surface area contributed by atoms with Crippen molar-refractivity contribution >= 4 is 17.2 Å². The van der Waals surface area contributed by atoms with Crippen LogP contribution >= 0.6 is 11.6 Å². The van der Waals surface area contributed by atoms with E-state index < -0.39 is 0 Å². The Labute approximate surface area is 228 Å². The summed E-state index contributed by atoms with van der Waals surface area (Å²) in [5, 5.41) is 17.1. The fourth-order valence-electron chi connectivity index (χ4n) is 4.99. The third-order valence-corrected chi connectivity index (χ3v) is 7.15. The first-order valence-corrected chi connectivity index (χ1v) is 12.8. The highest BCUT2D eigenvalue weighted by Crippen LogP contribution is 2.48. The molecule has 0 saturated carbocycles. The van der Waals surface area contributed by atoms with E-state index in [0.717, 1.165) is 39.1 Å². The van der Waals surface area contributed by atoms with Gasteiger partial charge in [0.25, 0.3) is 0 Å². The van der Waals surface area contributed by atoms with Crippen molar-refractivity contribution in [2.45, 2.75) is 26.4 Å². The molecule has 5 heterocycles. The molecule has 0 unspecified atom stereocenters. The molecule has 1 aliphatic heterocycles. The number of hydrogen-bond donors (Lipinski definition) is 1. The van der Waals surface area contributed by atoms with Crippen LogP contribution in [-0.4, -0.2) is 39.6 Å². The summed E-state index contributed by atoms with van der Waals surface area (Å²) in [4.78, 5) is 9.53. The molecular weight excluding hydrogens is 516 g/mol. The largest absolute Gasteiger partial charge is 0.487 e. The molecule has 0 amide bonds. The molecule has 1 atom stereocenters. The third-order valence-electron chi connectivity index (χ3n) is 6.84. The van der Waals surface area contributed by atoms with E-state index in [4.69, 9.17) is 31.2 Å². The predicted octanol–water partition coefficient (Wildman–Crippen LogP) is 5.38. The summed E-state index contributed by atoms with van der Waals surface area (Å²) in [6.07, 6.45) is 5.45. The van der Waals surface area contributed by atoms with Gasteiger partial charge in [0.15, 0.2) is 11.5 Å². The lowest BCUT2D eigenvalue weighted by Crippen LogP contribution is -2.14. The molecule has 1 aliphatic rings. The topological polar surface area (TPSA) is 108 Å². The van der Waals surface area contributed by atoms with E-state index in [-0.39, 0.29) is 5.92 Å². The van der Waals surface area contributed by atoms with Crippen LogP contribution in [0.3, 0.4) is 0 Å². The SMILES string of the molecule is Cc1ccc(Cl)c(OCc2cccc(-c3nc4c5c(ncn4n3)Oc3n[nH]c(C)c3[C@@H]5c3cnn(C)c3)c2)c1. The Kier molecular flexibility index (Phi) is 5.38. The molecule has 0 aliphatic carbocycles. The molecule has 1 N–H and O–H groups in total. The fraction of sp³-hybridized carbons (Fsp3) is 0.179. The van der Waals surface area contributed by atoms with Crippen molar-refractivity contribution < 1.29 is 9.47 Å². The van der Waals surface area contributed by atoms with E-state index in [1.807, 2.05) is 75.8 Å². The maximum atomic E-state index is 6.31. The zero-order chi connectivity index (χ0) is 26.7. The summed E-state index contributed by atoms with van der Waals surface area (Å²) in [6.45, 7) is 4.34. The quantitative estimate of drug-likeness (QED) is 0.313. The van der Waals surface area contributed by atoms with Gasteiger partial charge in [0, 0.05) is 35.6 Å². The Bertz CT molecular complexity index is 1870. The van der Waals surface area contributed by atoms with Crippen LogP contribution in [0.1, 0.15) is 39.4 Å². The van der Waals surface area contributed by atoms with Crippen molar-refractivity contribution in [3.05, 3.63) is 99.7 Å². The Balaban J connectivity index is 1.28. The first kappa shape index (κ1) is 23.4. The zero-order valence-corrected chi connectivity index (χ0v) is 22.1. The highest BCUT2D eigenvalue weighted by atomic mass is 35.5. The summed E-state index contributed by atoms with van der Waals surface area (Å²) < 4.78 is 15.6. The molecule has 0 spiro atoms. The normalized spacial score (nSPS) is 14.2. The number of hydrogen-bond acceptors (Lipinski definition) is 7. The van der Waals surface area contributed by atoms with Gasteiger partial charge < -0.3 is 9.47 Å². The molecule has 0 saturated heterocycles. The number of nitrogens with zero attached hydrogens (tertiary/aromatic N) is 7. The monoisotopic (exact) mass is 538 g/mol. The van der Waals surface area contributed by atoms with E-state index in [9.17, 15) is 0 Å². The standard InChI is InChI=1S/C28H23ClN8O2/c1-15-7-8-20(29)21(9-15)38-13-17-5-4-6-18(10-17)25-32-26-24-23(19-11-31-36(3)12-19)22-16(2)33-34-28(22)39-27(24)30-14-37(26)35-25/h4-12,14,23H,13H2,1-3H3,(H,33,34)/t23-/m0/s1. The molecule has 194 valence electrons. The molecule has 0 bridgehead atoms. The van der Waals surface area contributed by atoms with E-state index in [1.165, 1.54) is 0 Å². The van der Waals surface area contributed by atoms with Gasteiger partial charge in [-0.25, -0.2) is 14.5 Å². The molecule has 2 aromatic carbocycles. The van der Waals surface area contributed by atoms with Gasteiger partial charge in [-0.15, -0.1) is 10.2 Å². The van der Waals surface area contributed by atoms with Gasteiger partial charge >= 0.3 is 0 Å². The second kappa shape index (κ2) is 8.95. The maximum Gasteiger partial charge on any atom is 0.244 e. The van der Waals surface area contributed by atoms with Gasteiger partial charge in [0.2, 0.25) is 11.8 Å². The lowest BCUT2D eigenvalue weighted by molar-refractivity contribution is 0.306. The Morgan fingerprint density at radius 1 is 1.10 bits per heavy atom. The van der Waals surface area contributed by atoms with Gasteiger partial charge in [-0.05, 0) is 43.2 Å². The van der Waals surface area contributed by atoms with Crippen molar-refractivity contribution in [1.29, 1.82) is 0 Å². The second-order valence-corrected chi connectivity index (χ2v) is 10.0. The average molecular weight is 539 g/mol. The lowest BCUT2D eigenvalue weighted by Gasteiger charge is -2.24. The molecule has 39 heavy (non-hydrogen) atoms. The van der Waals surface area contributed by atoms with Crippen molar-refractivity contribution in [2.24, 2.45) is 7.05 Å². The lowest BCUT2D eigenvalue weighted by atomic mass is 9.86. The number of ether oxygens (including phenoxy) is 2. The van der Waals surface area contributed by atoms with Crippen molar-refractivity contribution in [3.63, 3.8) is 0 Å². The number of benzene rings is 2. The van der Waals surface area contributed by atoms with Gasteiger partial charge in [-0.3, -0.25) is 9.78 Å². The van der Waals surface area contributed by atoms with E-state index in [2.05, 4.69) is 20.3 Å². The van der Waals surface area contributed by atoms with Crippen LogP contribution in [0.5, 0.6) is 17.5 Å². The van der Waals surface area contributed by atoms with Gasteiger partial charge in [-0.2, -0.15) is 5.10 Å². The van der Waals surface area contributed by atoms with Gasteiger partial charge in [-0.1, -0.05) is 35.9 Å². The molecule has 7 rings (SSSR count). The average Bonchev–Trinajstić information content (AvgIpc) is 3.66. The number of fused-ring (bicyclic) bond motifs is 4. The summed E-state index contributed by atoms with van der Waals surface area (Å²) in [6, 6.07) is 13.7. The first-order valence-electron chi connectivity index (χ1n) is 12.4. The minimum absolute atomic E-state index is 0.219. The molecule has 11 heteroatoms. The highest BCUT2D eigenvalue weighted by molar-refractivity contribution is 6.32. The van der Waals surface area contributed by atoms with E-state index in [1.54, 1.807) is 15.5 Å². The van der Waals surface area contributed by atoms with Crippen LogP contribution in [0, 0.1) is 13.8 Å². The van der Waals surface area contributed by atoms with Crippen molar-refractivity contribution in [2.75, 3.05) is 0 Å². The number of aromatic nitrogens is 8. The Hall–Kier alpha value is -4.70. The van der Waals surface area contributed by atoms with Gasteiger partial charge in [0.05, 0.1) is 22.7 Å². The Morgan fingerprint density at radius 3 is 2.85 bits per heavy atom. The number of H-pyrrole nitrogens is 1. The van der Waals surface area contributed by atoms with Crippen LogP contribution in [0.15, 0.2) is 61.2 Å². The van der Waals surface area contributed by atoms with E-state index in [0.29, 0.717) is 40.6 Å². The minimum atomic E-state index is -0.219. The van der Waals surface area contributed by atoms with Crippen molar-refractivity contribution in [1.82, 2.24) is 39.6 Å². The highest BCUT2D eigenvalue weighted by Gasteiger charge is 2.37. The summed E-state index contributed by atoms with van der Waals surface area (Å²) in [5.41, 5.74) is 7.22. The maximum absolute atomic E-state index is 6.31. The zero-order valence-electron chi connectivity index (χ0n) is 21.4. The number of aromatic amines is 1. The number of nitrogens with one attached hydrogen (secondary N) is 1. The van der Waals surface area contributed by atoms with Crippen LogP contribution in [-0.2, 0) is 13.7 Å². The number of halogens is 1. The summed E-state index contributed by atoms with van der Waals surface area (Å²) in [5.74, 6) is 1.96. The molecular formula is C28H23ClN8O2. The molecule has 6 aromatic rings. The van der Waals surface area contributed by atoms with Crippen LogP contribution in [0.2, 0.25) is 5.02 Å². The van der Waals surface area contributed by atoms with Crippen LogP contribution in [0.25, 0.3) is 17.0 Å². The number of aryl methyl sites for hydroxylation is 3. The van der Waals surface area contributed by atoms with Crippen molar-refractivity contribution in [3.8, 4) is 28.9 Å². The van der Waals surface area contributed by atoms with Crippen LogP contribution in [0.4, 0.5) is 0 Å². The molecule has 0 radical (unpaired) electrons. The van der Waals surface area contributed by atoms with E-state index >= 15 is 0 Å². The van der Waals surface area contributed by atoms with Gasteiger partial charge in [0.1, 0.15) is 18.7 Å². The fourth-order valence-corrected chi connectivity index (χ4v) is 5.16. The third kappa shape index (κ3) is 4.00. The molecule has 0 fully saturated rings. The first-order chi connectivity index (χ1) is 18.9. The Morgan fingerprint density at radius 2 is 2.00 bits per heavy atom. The molecule has 10 nitrogen and oxygen atoms in total. The molecule has 4 aromatic heterocycles. The minimum Gasteiger partial charge on any atom is -0.487 e. The smallest absolute Gasteiger partial charge is 0.244 e. The summed E-state index contributed by atoms with van der Waals surface area (Å²) >= 11 is 6.31. The number of rotatable bonds is 5. The summed E-state index contributed by atoms with van der Waals surface area (Å²) in [7, 11) is 1.89. The second-order valence-electron chi connectivity index (χ2n) is 9.64.